The first-order chi connectivity index (χ1) is 10.1. The molecule has 0 aliphatic carbocycles. The Morgan fingerprint density at radius 1 is 1.14 bits per heavy atom. The van der Waals surface area contributed by atoms with Gasteiger partial charge < -0.3 is 16.4 Å². The second-order valence-electron chi connectivity index (χ2n) is 4.68. The molecule has 2 aromatic rings. The Morgan fingerprint density at radius 3 is 2.43 bits per heavy atom. The first kappa shape index (κ1) is 14.6. The summed E-state index contributed by atoms with van der Waals surface area (Å²) >= 11 is 0. The number of benzene rings is 2. The van der Waals surface area contributed by atoms with Crippen molar-refractivity contribution in [1.29, 1.82) is 5.26 Å². The molecule has 106 valence electrons. The SMILES string of the molecule is CC(N)c1cccc(NC(=O)Nc2ccc(C#N)cc2)c1. The average Bonchev–Trinajstić information content (AvgIpc) is 2.48. The highest BCUT2D eigenvalue weighted by molar-refractivity contribution is 5.99. The van der Waals surface area contributed by atoms with E-state index in [1.165, 1.54) is 0 Å². The number of rotatable bonds is 3. The zero-order valence-corrected chi connectivity index (χ0v) is 11.6. The van der Waals surface area contributed by atoms with Crippen molar-refractivity contribution in [2.75, 3.05) is 10.6 Å². The van der Waals surface area contributed by atoms with Crippen LogP contribution in [0.25, 0.3) is 0 Å². The molecule has 0 aliphatic rings. The number of hydrogen-bond donors (Lipinski definition) is 3. The molecular formula is C16H16N4O. The smallest absolute Gasteiger partial charge is 0.323 e. The fraction of sp³-hybridized carbons (Fsp3) is 0.125. The fourth-order valence-corrected chi connectivity index (χ4v) is 1.82. The zero-order valence-electron chi connectivity index (χ0n) is 11.6. The predicted molar refractivity (Wildman–Crippen MR) is 82.8 cm³/mol. The van der Waals surface area contributed by atoms with Gasteiger partial charge in [-0.2, -0.15) is 5.26 Å². The number of hydrogen-bond acceptors (Lipinski definition) is 3. The topological polar surface area (TPSA) is 90.9 Å². The number of nitrogens with two attached hydrogens (primary N) is 1. The molecule has 0 saturated heterocycles. The zero-order chi connectivity index (χ0) is 15.2. The Balaban J connectivity index is 2.01. The number of nitrogens with zero attached hydrogens (tertiary/aromatic N) is 1. The molecule has 1 unspecified atom stereocenters. The molecule has 4 N–H and O–H groups in total. The van der Waals surface area contributed by atoms with Crippen molar-refractivity contribution < 1.29 is 4.79 Å². The maximum Gasteiger partial charge on any atom is 0.323 e. The Kier molecular flexibility index (Phi) is 4.54. The summed E-state index contributed by atoms with van der Waals surface area (Å²) in [6.07, 6.45) is 0. The molecule has 0 bridgehead atoms. The van der Waals surface area contributed by atoms with Crippen LogP contribution in [0, 0.1) is 11.3 Å². The monoisotopic (exact) mass is 280 g/mol. The number of urea groups is 1. The number of nitriles is 1. The summed E-state index contributed by atoms with van der Waals surface area (Å²) in [5, 5.41) is 14.2. The molecule has 0 aromatic heterocycles. The van der Waals surface area contributed by atoms with Gasteiger partial charge in [-0.1, -0.05) is 12.1 Å². The number of amides is 2. The molecule has 5 nitrogen and oxygen atoms in total. The number of anilines is 2. The van der Waals surface area contributed by atoms with Gasteiger partial charge >= 0.3 is 6.03 Å². The maximum absolute atomic E-state index is 11.9. The van der Waals surface area contributed by atoms with E-state index in [2.05, 4.69) is 10.6 Å². The lowest BCUT2D eigenvalue weighted by atomic mass is 10.1. The molecule has 0 radical (unpaired) electrons. The van der Waals surface area contributed by atoms with E-state index in [1.54, 1.807) is 30.3 Å². The lowest BCUT2D eigenvalue weighted by Crippen LogP contribution is -2.19. The van der Waals surface area contributed by atoms with Crippen LogP contribution in [0.3, 0.4) is 0 Å². The van der Waals surface area contributed by atoms with Crippen LogP contribution in [0.5, 0.6) is 0 Å². The molecular weight excluding hydrogens is 264 g/mol. The summed E-state index contributed by atoms with van der Waals surface area (Å²) in [7, 11) is 0. The van der Waals surface area contributed by atoms with Gasteiger partial charge in [0, 0.05) is 17.4 Å². The molecule has 1 atom stereocenters. The van der Waals surface area contributed by atoms with E-state index in [0.29, 0.717) is 16.9 Å². The van der Waals surface area contributed by atoms with Crippen molar-refractivity contribution in [3.63, 3.8) is 0 Å². The lowest BCUT2D eigenvalue weighted by Gasteiger charge is -2.10. The molecule has 0 saturated carbocycles. The largest absolute Gasteiger partial charge is 0.324 e. The van der Waals surface area contributed by atoms with Crippen molar-refractivity contribution in [2.24, 2.45) is 5.73 Å². The second kappa shape index (κ2) is 6.55. The van der Waals surface area contributed by atoms with Gasteiger partial charge in [-0.05, 0) is 48.9 Å². The van der Waals surface area contributed by atoms with E-state index in [0.717, 1.165) is 5.56 Å². The summed E-state index contributed by atoms with van der Waals surface area (Å²) in [6, 6.07) is 15.6. The van der Waals surface area contributed by atoms with Crippen LogP contribution in [-0.2, 0) is 0 Å². The van der Waals surface area contributed by atoms with Crippen LogP contribution in [0.2, 0.25) is 0 Å². The van der Waals surface area contributed by atoms with Gasteiger partial charge in [0.25, 0.3) is 0 Å². The Labute approximate surface area is 123 Å². The van der Waals surface area contributed by atoms with Gasteiger partial charge in [-0.3, -0.25) is 0 Å². The van der Waals surface area contributed by atoms with E-state index in [4.69, 9.17) is 11.0 Å². The second-order valence-corrected chi connectivity index (χ2v) is 4.68. The summed E-state index contributed by atoms with van der Waals surface area (Å²) < 4.78 is 0. The molecule has 21 heavy (non-hydrogen) atoms. The highest BCUT2D eigenvalue weighted by Gasteiger charge is 2.05. The van der Waals surface area contributed by atoms with Gasteiger partial charge in [0.05, 0.1) is 11.6 Å². The van der Waals surface area contributed by atoms with Crippen molar-refractivity contribution in [3.05, 3.63) is 59.7 Å². The quantitative estimate of drug-likeness (QED) is 0.806. The van der Waals surface area contributed by atoms with Crippen molar-refractivity contribution in [1.82, 2.24) is 0 Å². The Morgan fingerprint density at radius 2 is 1.81 bits per heavy atom. The van der Waals surface area contributed by atoms with E-state index < -0.39 is 0 Å². The fourth-order valence-electron chi connectivity index (χ4n) is 1.82. The highest BCUT2D eigenvalue weighted by atomic mass is 16.2. The molecule has 0 heterocycles. The molecule has 0 fully saturated rings. The lowest BCUT2D eigenvalue weighted by molar-refractivity contribution is 0.262. The summed E-state index contributed by atoms with van der Waals surface area (Å²) in [5.74, 6) is 0. The minimum Gasteiger partial charge on any atom is -0.324 e. The van der Waals surface area contributed by atoms with Gasteiger partial charge in [0.1, 0.15) is 0 Å². The van der Waals surface area contributed by atoms with Crippen molar-refractivity contribution in [3.8, 4) is 6.07 Å². The third-order valence-electron chi connectivity index (χ3n) is 2.94. The average molecular weight is 280 g/mol. The van der Waals surface area contributed by atoms with Crippen LogP contribution in [0.1, 0.15) is 24.1 Å². The third-order valence-corrected chi connectivity index (χ3v) is 2.94. The first-order valence-corrected chi connectivity index (χ1v) is 6.52. The predicted octanol–water partition coefficient (Wildman–Crippen LogP) is 3.22. The van der Waals surface area contributed by atoms with Crippen molar-refractivity contribution >= 4 is 17.4 Å². The molecule has 2 amide bonds. The van der Waals surface area contributed by atoms with E-state index in [9.17, 15) is 4.79 Å². The normalized spacial score (nSPS) is 11.3. The standard InChI is InChI=1S/C16H16N4O/c1-11(18)13-3-2-4-15(9-13)20-16(21)19-14-7-5-12(10-17)6-8-14/h2-9,11H,18H2,1H3,(H2,19,20,21). The summed E-state index contributed by atoms with van der Waals surface area (Å²) in [4.78, 5) is 11.9. The number of nitrogens with one attached hydrogen (secondary N) is 2. The minimum atomic E-state index is -0.346. The van der Waals surface area contributed by atoms with E-state index in [1.807, 2.05) is 31.2 Å². The van der Waals surface area contributed by atoms with E-state index >= 15 is 0 Å². The Bertz CT molecular complexity index is 671. The van der Waals surface area contributed by atoms with Crippen molar-refractivity contribution in [2.45, 2.75) is 13.0 Å². The van der Waals surface area contributed by atoms with Gasteiger partial charge in [-0.25, -0.2) is 4.79 Å². The van der Waals surface area contributed by atoms with Crippen LogP contribution in [0.4, 0.5) is 16.2 Å². The molecule has 0 spiro atoms. The van der Waals surface area contributed by atoms with Crippen LogP contribution in [-0.4, -0.2) is 6.03 Å². The van der Waals surface area contributed by atoms with Crippen LogP contribution < -0.4 is 16.4 Å². The molecule has 2 rings (SSSR count). The van der Waals surface area contributed by atoms with E-state index in [-0.39, 0.29) is 12.1 Å². The van der Waals surface area contributed by atoms with Crippen LogP contribution >= 0.6 is 0 Å². The Hall–Kier alpha value is -2.84. The summed E-state index contributed by atoms with van der Waals surface area (Å²) in [5.41, 5.74) is 8.60. The highest BCUT2D eigenvalue weighted by Crippen LogP contribution is 2.16. The molecule has 5 heteroatoms. The number of carbonyl (C=O) groups is 1. The van der Waals surface area contributed by atoms with Crippen LogP contribution in [0.15, 0.2) is 48.5 Å². The van der Waals surface area contributed by atoms with Gasteiger partial charge in [0.15, 0.2) is 0 Å². The maximum atomic E-state index is 11.9. The molecule has 0 aliphatic heterocycles. The van der Waals surface area contributed by atoms with Gasteiger partial charge in [0.2, 0.25) is 0 Å². The van der Waals surface area contributed by atoms with Gasteiger partial charge in [-0.15, -0.1) is 0 Å². The number of carbonyl (C=O) groups excluding carboxylic acids is 1. The molecule has 2 aromatic carbocycles. The third kappa shape index (κ3) is 4.06. The summed E-state index contributed by atoms with van der Waals surface area (Å²) in [6.45, 7) is 1.88. The minimum absolute atomic E-state index is 0.0895. The first-order valence-electron chi connectivity index (χ1n) is 6.52.